The first kappa shape index (κ1) is 20.8. The zero-order valence-corrected chi connectivity index (χ0v) is 14.8. The molecular formula is C15H30NNaO. The van der Waals surface area contributed by atoms with Crippen LogP contribution in [-0.2, 0) is 4.79 Å². The van der Waals surface area contributed by atoms with Crippen LogP contribution >= 0.6 is 0 Å². The van der Waals surface area contributed by atoms with Crippen molar-refractivity contribution in [3.05, 3.63) is 6.54 Å². The van der Waals surface area contributed by atoms with Gasteiger partial charge in [0.2, 0.25) is 0 Å². The minimum absolute atomic E-state index is 0. The predicted octanol–water partition coefficient (Wildman–Crippen LogP) is 1.60. The topological polar surface area (TPSA) is 29.1 Å². The van der Waals surface area contributed by atoms with Crippen molar-refractivity contribution in [1.82, 2.24) is 5.32 Å². The average molecular weight is 263 g/mol. The molecule has 0 aromatic heterocycles. The van der Waals surface area contributed by atoms with Gasteiger partial charge in [0, 0.05) is 6.42 Å². The maximum Gasteiger partial charge on any atom is 1.00 e. The summed E-state index contributed by atoms with van der Waals surface area (Å²) in [7, 11) is 0. The number of nitrogens with one attached hydrogen (secondary N) is 1. The van der Waals surface area contributed by atoms with Gasteiger partial charge in [0.25, 0.3) is 0 Å². The molecule has 3 heteroatoms. The second-order valence-electron chi connectivity index (χ2n) is 4.76. The van der Waals surface area contributed by atoms with E-state index >= 15 is 0 Å². The molecule has 0 radical (unpaired) electrons. The Kier molecular flexibility index (Phi) is 20.2. The van der Waals surface area contributed by atoms with E-state index in [-0.39, 0.29) is 35.5 Å². The molecule has 0 fully saturated rings. The molecule has 1 N–H and O–H groups in total. The maximum atomic E-state index is 11.3. The number of amides is 1. The van der Waals surface area contributed by atoms with Crippen LogP contribution in [0.4, 0.5) is 0 Å². The Bertz CT molecular complexity index is 174. The smallest absolute Gasteiger partial charge is 0.506 e. The summed E-state index contributed by atoms with van der Waals surface area (Å²) < 4.78 is 0. The first-order valence-corrected chi connectivity index (χ1v) is 7.42. The van der Waals surface area contributed by atoms with E-state index in [0.29, 0.717) is 6.42 Å². The first-order chi connectivity index (χ1) is 8.31. The normalized spacial score (nSPS) is 9.89. The molecule has 0 rings (SSSR count). The number of carbonyl (C=O) groups is 1. The van der Waals surface area contributed by atoms with E-state index in [4.69, 9.17) is 0 Å². The standard InChI is InChI=1S/C15H30NO.Na/c1-3-5-6-7-8-9-10-11-12-13-15(17)16-14-4-2;/h14H,3-13H2,1-2H3,(H,16,17);/q-1;+1. The Hall–Kier alpha value is 0.470. The SMILES string of the molecule is CC[CH-]NC(=O)CCCCCCCCCCC.[Na+]. The molecule has 0 spiro atoms. The summed E-state index contributed by atoms with van der Waals surface area (Å²) in [5.41, 5.74) is 0. The van der Waals surface area contributed by atoms with Crippen molar-refractivity contribution < 1.29 is 34.4 Å². The molecule has 0 bridgehead atoms. The second-order valence-corrected chi connectivity index (χ2v) is 4.76. The van der Waals surface area contributed by atoms with Gasteiger partial charge in [-0.2, -0.15) is 6.42 Å². The molecule has 0 aliphatic carbocycles. The Morgan fingerprint density at radius 3 is 1.89 bits per heavy atom. The number of carbonyl (C=O) groups excluding carboxylic acids is 1. The van der Waals surface area contributed by atoms with E-state index in [2.05, 4.69) is 12.2 Å². The molecule has 102 valence electrons. The Morgan fingerprint density at radius 1 is 0.889 bits per heavy atom. The average Bonchev–Trinajstić information content (AvgIpc) is 2.34. The van der Waals surface area contributed by atoms with Crippen LogP contribution in [0.1, 0.15) is 84.5 Å². The monoisotopic (exact) mass is 263 g/mol. The molecule has 2 nitrogen and oxygen atoms in total. The minimum atomic E-state index is 0. The van der Waals surface area contributed by atoms with Crippen molar-refractivity contribution >= 4 is 5.91 Å². The van der Waals surface area contributed by atoms with Crippen LogP contribution in [0, 0.1) is 6.54 Å². The summed E-state index contributed by atoms with van der Waals surface area (Å²) in [6, 6.07) is 0. The molecule has 0 atom stereocenters. The molecule has 0 aromatic carbocycles. The van der Waals surface area contributed by atoms with Crippen LogP contribution in [0.15, 0.2) is 0 Å². The van der Waals surface area contributed by atoms with Gasteiger partial charge in [-0.15, -0.1) is 0 Å². The molecule has 0 unspecified atom stereocenters. The second kappa shape index (κ2) is 17.5. The van der Waals surface area contributed by atoms with E-state index in [0.717, 1.165) is 12.8 Å². The van der Waals surface area contributed by atoms with Crippen molar-refractivity contribution in [3.8, 4) is 0 Å². The molecule has 0 saturated heterocycles. The summed E-state index contributed by atoms with van der Waals surface area (Å²) in [5, 5.41) is 2.79. The maximum absolute atomic E-state index is 11.3. The number of hydrogen-bond donors (Lipinski definition) is 1. The van der Waals surface area contributed by atoms with Crippen LogP contribution < -0.4 is 34.9 Å². The summed E-state index contributed by atoms with van der Waals surface area (Å²) in [6.07, 6.45) is 13.3. The zero-order chi connectivity index (χ0) is 12.8. The number of hydrogen-bond acceptors (Lipinski definition) is 1. The Balaban J connectivity index is 0. The number of unbranched alkanes of at least 4 members (excludes halogenated alkanes) is 8. The third-order valence-electron chi connectivity index (χ3n) is 2.97. The fraction of sp³-hybridized carbons (Fsp3) is 0.867. The molecule has 0 aliphatic heterocycles. The van der Waals surface area contributed by atoms with Crippen molar-refractivity contribution in [2.45, 2.75) is 84.5 Å². The Morgan fingerprint density at radius 2 is 1.39 bits per heavy atom. The quantitative estimate of drug-likeness (QED) is 0.323. The molecular weight excluding hydrogens is 233 g/mol. The van der Waals surface area contributed by atoms with Crippen LogP contribution in [0.2, 0.25) is 0 Å². The van der Waals surface area contributed by atoms with Gasteiger partial charge in [0.05, 0.1) is 0 Å². The van der Waals surface area contributed by atoms with E-state index in [1.165, 1.54) is 51.4 Å². The van der Waals surface area contributed by atoms with Gasteiger partial charge in [0.15, 0.2) is 5.91 Å². The molecule has 18 heavy (non-hydrogen) atoms. The molecule has 1 amide bonds. The van der Waals surface area contributed by atoms with Crippen LogP contribution in [0.3, 0.4) is 0 Å². The van der Waals surface area contributed by atoms with Crippen LogP contribution in [0.5, 0.6) is 0 Å². The predicted molar refractivity (Wildman–Crippen MR) is 74.6 cm³/mol. The fourth-order valence-electron chi connectivity index (χ4n) is 1.88. The summed E-state index contributed by atoms with van der Waals surface area (Å²) in [6.45, 7) is 6.11. The Labute approximate surface area is 136 Å². The van der Waals surface area contributed by atoms with Gasteiger partial charge in [-0.3, -0.25) is 4.79 Å². The van der Waals surface area contributed by atoms with Crippen LogP contribution in [-0.4, -0.2) is 5.91 Å². The van der Waals surface area contributed by atoms with Gasteiger partial charge in [0.1, 0.15) is 0 Å². The van der Waals surface area contributed by atoms with Crippen LogP contribution in [0.25, 0.3) is 0 Å². The molecule has 0 heterocycles. The number of rotatable bonds is 12. The zero-order valence-electron chi connectivity index (χ0n) is 12.8. The molecule has 0 aromatic rings. The van der Waals surface area contributed by atoms with Gasteiger partial charge in [-0.25, -0.2) is 6.54 Å². The van der Waals surface area contributed by atoms with Crippen molar-refractivity contribution in [3.63, 3.8) is 0 Å². The third-order valence-corrected chi connectivity index (χ3v) is 2.97. The summed E-state index contributed by atoms with van der Waals surface area (Å²) in [4.78, 5) is 11.3. The van der Waals surface area contributed by atoms with E-state index < -0.39 is 0 Å². The van der Waals surface area contributed by atoms with Crippen molar-refractivity contribution in [2.75, 3.05) is 0 Å². The fourth-order valence-corrected chi connectivity index (χ4v) is 1.88. The first-order valence-electron chi connectivity index (χ1n) is 7.42. The van der Waals surface area contributed by atoms with E-state index in [1.54, 1.807) is 0 Å². The van der Waals surface area contributed by atoms with Crippen molar-refractivity contribution in [1.29, 1.82) is 0 Å². The van der Waals surface area contributed by atoms with Gasteiger partial charge < -0.3 is 5.32 Å². The van der Waals surface area contributed by atoms with Gasteiger partial charge >= 0.3 is 29.6 Å². The van der Waals surface area contributed by atoms with E-state index in [9.17, 15) is 4.79 Å². The summed E-state index contributed by atoms with van der Waals surface area (Å²) in [5.74, 6) is 0.176. The van der Waals surface area contributed by atoms with Crippen molar-refractivity contribution in [2.24, 2.45) is 0 Å². The minimum Gasteiger partial charge on any atom is -0.506 e. The molecule has 0 aliphatic rings. The van der Waals surface area contributed by atoms with E-state index in [1.807, 2.05) is 13.5 Å². The summed E-state index contributed by atoms with van der Waals surface area (Å²) >= 11 is 0. The molecule has 0 saturated carbocycles. The van der Waals surface area contributed by atoms with Gasteiger partial charge in [-0.05, 0) is 6.42 Å². The van der Waals surface area contributed by atoms with Gasteiger partial charge in [-0.1, -0.05) is 65.2 Å². The third kappa shape index (κ3) is 16.5. The largest absolute Gasteiger partial charge is 1.00 e.